The minimum absolute atomic E-state index is 0.155. The van der Waals surface area contributed by atoms with Gasteiger partial charge in [0.05, 0.1) is 9.40 Å². The third-order valence-electron chi connectivity index (χ3n) is 3.36. The fourth-order valence-electron chi connectivity index (χ4n) is 2.01. The van der Waals surface area contributed by atoms with Crippen molar-refractivity contribution in [1.82, 2.24) is 0 Å². The summed E-state index contributed by atoms with van der Waals surface area (Å²) in [4.78, 5) is 22.7. The molecule has 1 amide bonds. The molecule has 0 atom stereocenters. The summed E-state index contributed by atoms with van der Waals surface area (Å²) in [6.07, 6.45) is 1.29. The molecule has 0 unspecified atom stereocenters. The van der Waals surface area contributed by atoms with E-state index < -0.39 is 10.8 Å². The van der Waals surface area contributed by atoms with Crippen molar-refractivity contribution >= 4 is 50.9 Å². The maximum atomic E-state index is 12.3. The summed E-state index contributed by atoms with van der Waals surface area (Å²) in [6.45, 7) is 1.74. The number of hydrogen-bond acceptors (Lipinski definition) is 4. The molecular formula is C17H11BrClN3O3. The lowest BCUT2D eigenvalue weighted by molar-refractivity contribution is -0.385. The SMILES string of the molecule is Cc1c(Cl)cccc1NC(=O)/C(C#N)=C/c1ccc(Br)c([N+](=O)[O-])c1. The van der Waals surface area contributed by atoms with E-state index in [4.69, 9.17) is 11.6 Å². The lowest BCUT2D eigenvalue weighted by atomic mass is 10.1. The largest absolute Gasteiger partial charge is 0.321 e. The number of carbonyl (C=O) groups excluding carboxylic acids is 1. The molecule has 2 rings (SSSR count). The Bertz CT molecular complexity index is 935. The van der Waals surface area contributed by atoms with Gasteiger partial charge in [-0.25, -0.2) is 0 Å². The van der Waals surface area contributed by atoms with Crippen LogP contribution in [0, 0.1) is 28.4 Å². The van der Waals surface area contributed by atoms with Gasteiger partial charge in [-0.1, -0.05) is 23.7 Å². The second-order valence-electron chi connectivity index (χ2n) is 5.00. The predicted octanol–water partition coefficient (Wildman–Crippen LogP) is 4.86. The normalized spacial score (nSPS) is 10.9. The first-order valence-electron chi connectivity index (χ1n) is 6.95. The third kappa shape index (κ3) is 4.44. The van der Waals surface area contributed by atoms with E-state index in [1.165, 1.54) is 18.2 Å². The molecule has 0 aliphatic heterocycles. The van der Waals surface area contributed by atoms with Gasteiger partial charge in [0.25, 0.3) is 11.6 Å². The maximum Gasteiger partial charge on any atom is 0.284 e. The predicted molar refractivity (Wildman–Crippen MR) is 99.2 cm³/mol. The Morgan fingerprint density at radius 3 is 2.76 bits per heavy atom. The zero-order valence-electron chi connectivity index (χ0n) is 12.9. The number of anilines is 1. The number of nitrogens with zero attached hydrogens (tertiary/aromatic N) is 2. The van der Waals surface area contributed by atoms with Crippen LogP contribution in [-0.4, -0.2) is 10.8 Å². The second kappa shape index (κ2) is 7.92. The van der Waals surface area contributed by atoms with Crippen LogP contribution >= 0.6 is 27.5 Å². The first-order chi connectivity index (χ1) is 11.8. The van der Waals surface area contributed by atoms with Crippen molar-refractivity contribution in [2.45, 2.75) is 6.92 Å². The van der Waals surface area contributed by atoms with Gasteiger partial charge in [0.2, 0.25) is 0 Å². The van der Waals surface area contributed by atoms with Crippen molar-refractivity contribution in [3.63, 3.8) is 0 Å². The van der Waals surface area contributed by atoms with Crippen LogP contribution in [0.1, 0.15) is 11.1 Å². The minimum Gasteiger partial charge on any atom is -0.321 e. The van der Waals surface area contributed by atoms with E-state index in [1.54, 1.807) is 37.3 Å². The van der Waals surface area contributed by atoms with Crippen molar-refractivity contribution in [3.8, 4) is 6.07 Å². The summed E-state index contributed by atoms with van der Waals surface area (Å²) in [6, 6.07) is 11.2. The smallest absolute Gasteiger partial charge is 0.284 e. The summed E-state index contributed by atoms with van der Waals surface area (Å²) in [7, 11) is 0. The van der Waals surface area contributed by atoms with Gasteiger partial charge in [-0.3, -0.25) is 14.9 Å². The fraction of sp³-hybridized carbons (Fsp3) is 0.0588. The maximum absolute atomic E-state index is 12.3. The second-order valence-corrected chi connectivity index (χ2v) is 6.27. The molecule has 1 N–H and O–H groups in total. The number of halogens is 2. The van der Waals surface area contributed by atoms with Gasteiger partial charge in [0, 0.05) is 16.8 Å². The van der Waals surface area contributed by atoms with Gasteiger partial charge >= 0.3 is 0 Å². The van der Waals surface area contributed by atoms with Gasteiger partial charge < -0.3 is 5.32 Å². The molecule has 2 aromatic rings. The molecule has 0 bridgehead atoms. The van der Waals surface area contributed by atoms with E-state index >= 15 is 0 Å². The van der Waals surface area contributed by atoms with Gasteiger partial charge in [-0.2, -0.15) is 5.26 Å². The third-order valence-corrected chi connectivity index (χ3v) is 4.44. The quantitative estimate of drug-likeness (QED) is 0.330. The molecule has 8 heteroatoms. The van der Waals surface area contributed by atoms with E-state index in [-0.39, 0.29) is 11.3 Å². The van der Waals surface area contributed by atoms with Gasteiger partial charge in [0.15, 0.2) is 0 Å². The molecule has 0 saturated heterocycles. The van der Waals surface area contributed by atoms with Crippen LogP contribution in [-0.2, 0) is 4.79 Å². The Balaban J connectivity index is 2.33. The fourth-order valence-corrected chi connectivity index (χ4v) is 2.57. The summed E-state index contributed by atoms with van der Waals surface area (Å²) in [5, 5.41) is 23.3. The van der Waals surface area contributed by atoms with E-state index in [1.807, 2.05) is 0 Å². The Kier molecular flexibility index (Phi) is 5.91. The summed E-state index contributed by atoms with van der Waals surface area (Å²) in [5.74, 6) is -0.626. The Morgan fingerprint density at radius 2 is 2.12 bits per heavy atom. The number of rotatable bonds is 4. The van der Waals surface area contributed by atoms with Crippen LogP contribution in [0.15, 0.2) is 46.4 Å². The van der Waals surface area contributed by atoms with Crippen LogP contribution in [0.25, 0.3) is 6.08 Å². The Hall–Kier alpha value is -2.69. The van der Waals surface area contributed by atoms with Gasteiger partial charge in [-0.15, -0.1) is 0 Å². The lowest BCUT2D eigenvalue weighted by Gasteiger charge is -2.09. The molecule has 2 aromatic carbocycles. The summed E-state index contributed by atoms with van der Waals surface area (Å²) >= 11 is 9.09. The van der Waals surface area contributed by atoms with E-state index in [9.17, 15) is 20.2 Å². The standard InChI is InChI=1S/C17H11BrClN3O3/c1-10-14(19)3-2-4-15(10)21-17(23)12(9-20)7-11-5-6-13(18)16(8-11)22(24)25/h2-8H,1H3,(H,21,23)/b12-7+. The number of hydrogen-bond donors (Lipinski definition) is 1. The molecule has 0 saturated carbocycles. The number of nitro groups is 1. The molecule has 0 aromatic heterocycles. The Labute approximate surface area is 157 Å². The number of carbonyl (C=O) groups is 1. The number of amides is 1. The molecule has 126 valence electrons. The molecule has 0 spiro atoms. The first-order valence-corrected chi connectivity index (χ1v) is 8.12. The number of nitrogens with one attached hydrogen (secondary N) is 1. The van der Waals surface area contributed by atoms with E-state index in [0.29, 0.717) is 26.3 Å². The van der Waals surface area contributed by atoms with E-state index in [2.05, 4.69) is 21.2 Å². The molecular weight excluding hydrogens is 410 g/mol. The minimum atomic E-state index is -0.626. The number of nitriles is 1. The molecule has 0 fully saturated rings. The molecule has 0 radical (unpaired) electrons. The van der Waals surface area contributed by atoms with Crippen molar-refractivity contribution in [3.05, 3.63) is 72.7 Å². The van der Waals surface area contributed by atoms with Crippen LogP contribution < -0.4 is 5.32 Å². The average Bonchev–Trinajstić information content (AvgIpc) is 2.57. The highest BCUT2D eigenvalue weighted by Gasteiger charge is 2.15. The summed E-state index contributed by atoms with van der Waals surface area (Å²) in [5.41, 5.74) is 1.19. The van der Waals surface area contributed by atoms with Gasteiger partial charge in [-0.05, 0) is 58.3 Å². The monoisotopic (exact) mass is 419 g/mol. The average molecular weight is 421 g/mol. The van der Waals surface area contributed by atoms with Crippen LogP contribution in [0.5, 0.6) is 0 Å². The van der Waals surface area contributed by atoms with Crippen molar-refractivity contribution in [2.75, 3.05) is 5.32 Å². The molecule has 0 aliphatic carbocycles. The number of benzene rings is 2. The highest BCUT2D eigenvalue weighted by Crippen LogP contribution is 2.27. The van der Waals surface area contributed by atoms with Crippen molar-refractivity contribution in [2.24, 2.45) is 0 Å². The van der Waals surface area contributed by atoms with Crippen LogP contribution in [0.2, 0.25) is 5.02 Å². The van der Waals surface area contributed by atoms with Crippen molar-refractivity contribution in [1.29, 1.82) is 5.26 Å². The van der Waals surface area contributed by atoms with Crippen LogP contribution in [0.3, 0.4) is 0 Å². The zero-order valence-corrected chi connectivity index (χ0v) is 15.3. The lowest BCUT2D eigenvalue weighted by Crippen LogP contribution is -2.14. The van der Waals surface area contributed by atoms with Gasteiger partial charge in [0.1, 0.15) is 11.6 Å². The van der Waals surface area contributed by atoms with Crippen molar-refractivity contribution < 1.29 is 9.72 Å². The highest BCUT2D eigenvalue weighted by atomic mass is 79.9. The Morgan fingerprint density at radius 1 is 1.40 bits per heavy atom. The molecule has 0 heterocycles. The first kappa shape index (κ1) is 18.6. The highest BCUT2D eigenvalue weighted by molar-refractivity contribution is 9.10. The molecule has 25 heavy (non-hydrogen) atoms. The molecule has 6 nitrogen and oxygen atoms in total. The zero-order chi connectivity index (χ0) is 18.6. The summed E-state index contributed by atoms with van der Waals surface area (Å²) < 4.78 is 0.312. The van der Waals surface area contributed by atoms with Crippen LogP contribution in [0.4, 0.5) is 11.4 Å². The van der Waals surface area contributed by atoms with E-state index in [0.717, 1.165) is 0 Å². The topological polar surface area (TPSA) is 96.0 Å². The molecule has 0 aliphatic rings. The number of nitro benzene ring substituents is 1.